The molecule has 0 aliphatic heterocycles. The minimum Gasteiger partial charge on any atom is -0.467 e. The molecule has 0 radical (unpaired) electrons. The number of carbonyl (C=O) groups excluding carboxylic acids is 2. The molecule has 5 nitrogen and oxygen atoms in total. The summed E-state index contributed by atoms with van der Waals surface area (Å²) in [5.74, 6) is -1.45. The molecule has 22 heavy (non-hydrogen) atoms. The Morgan fingerprint density at radius 2 is 1.86 bits per heavy atom. The Hall–Kier alpha value is -2.09. The number of hydrogen-bond donors (Lipinski definition) is 1. The van der Waals surface area contributed by atoms with Crippen LogP contribution in [0.5, 0.6) is 0 Å². The van der Waals surface area contributed by atoms with Crippen LogP contribution >= 0.6 is 0 Å². The lowest BCUT2D eigenvalue weighted by molar-refractivity contribution is -0.146. The van der Waals surface area contributed by atoms with Gasteiger partial charge in [-0.3, -0.25) is 4.79 Å². The quantitative estimate of drug-likeness (QED) is 0.808. The maximum absolute atomic E-state index is 12.9. The van der Waals surface area contributed by atoms with E-state index >= 15 is 0 Å². The van der Waals surface area contributed by atoms with E-state index in [2.05, 4.69) is 14.8 Å². The van der Waals surface area contributed by atoms with Gasteiger partial charge in [0.2, 0.25) is 5.91 Å². The van der Waals surface area contributed by atoms with Crippen molar-refractivity contribution in [2.45, 2.75) is 18.6 Å². The first kappa shape index (κ1) is 18.0. The van der Waals surface area contributed by atoms with Crippen LogP contribution in [0.3, 0.4) is 0 Å². The van der Waals surface area contributed by atoms with E-state index in [1.165, 1.54) is 25.3 Å². The lowest BCUT2D eigenvalue weighted by atomic mass is 9.99. The van der Waals surface area contributed by atoms with Gasteiger partial charge >= 0.3 is 12.1 Å². The van der Waals surface area contributed by atoms with Gasteiger partial charge in [-0.25, -0.2) is 4.79 Å². The summed E-state index contributed by atoms with van der Waals surface area (Å²) in [6.07, 6.45) is -4.88. The summed E-state index contributed by atoms with van der Waals surface area (Å²) in [5, 5.41) is 2.29. The number of rotatable bonds is 6. The maximum atomic E-state index is 12.9. The molecule has 0 aromatic heterocycles. The Bertz CT molecular complexity index is 531. The predicted molar refractivity (Wildman–Crippen MR) is 71.0 cm³/mol. The highest BCUT2D eigenvalue weighted by atomic mass is 19.4. The zero-order valence-corrected chi connectivity index (χ0v) is 12.1. The number of hydrogen-bond acceptors (Lipinski definition) is 4. The summed E-state index contributed by atoms with van der Waals surface area (Å²) in [6.45, 7) is -0.311. The van der Waals surface area contributed by atoms with Gasteiger partial charge in [0.1, 0.15) is 12.6 Å². The van der Waals surface area contributed by atoms with E-state index in [9.17, 15) is 22.8 Å². The third-order valence-corrected chi connectivity index (χ3v) is 2.84. The van der Waals surface area contributed by atoms with Gasteiger partial charge in [0.15, 0.2) is 0 Å². The van der Waals surface area contributed by atoms with E-state index in [0.717, 1.165) is 13.2 Å². The fourth-order valence-corrected chi connectivity index (χ4v) is 1.90. The van der Waals surface area contributed by atoms with Gasteiger partial charge in [-0.1, -0.05) is 18.2 Å². The van der Waals surface area contributed by atoms with Crippen molar-refractivity contribution in [2.75, 3.05) is 20.8 Å². The summed E-state index contributed by atoms with van der Waals surface area (Å²) >= 11 is 0. The van der Waals surface area contributed by atoms with Gasteiger partial charge in [-0.15, -0.1) is 0 Å². The van der Waals surface area contributed by atoms with Crippen LogP contribution in [0.1, 0.15) is 11.1 Å². The number of nitrogens with one attached hydrogen (secondary N) is 1. The minimum atomic E-state index is -4.55. The third kappa shape index (κ3) is 5.03. The van der Waals surface area contributed by atoms with E-state index in [-0.39, 0.29) is 18.6 Å². The smallest absolute Gasteiger partial charge is 0.416 e. The molecule has 0 heterocycles. The number of esters is 1. The fourth-order valence-electron chi connectivity index (χ4n) is 1.90. The number of alkyl halides is 3. The summed E-state index contributed by atoms with van der Waals surface area (Å²) in [5.41, 5.74) is -0.965. The van der Waals surface area contributed by atoms with Crippen LogP contribution in [0.15, 0.2) is 24.3 Å². The lowest BCUT2D eigenvalue weighted by Gasteiger charge is -2.19. The zero-order valence-electron chi connectivity index (χ0n) is 12.1. The molecule has 1 N–H and O–H groups in total. The Kier molecular flexibility index (Phi) is 6.36. The van der Waals surface area contributed by atoms with Crippen LogP contribution < -0.4 is 5.32 Å². The van der Waals surface area contributed by atoms with Crippen molar-refractivity contribution in [3.05, 3.63) is 35.4 Å². The standard InChI is InChI=1S/C14H16F3NO4/c1-21-8-12(19)18-11(13(20)22-2)7-9-5-3-4-6-10(9)14(15,16)17/h3-6,11H,7-8H2,1-2H3,(H,18,19)/t11-/m1/s1. The van der Waals surface area contributed by atoms with Crippen LogP contribution in [-0.4, -0.2) is 38.7 Å². The van der Waals surface area contributed by atoms with Crippen molar-refractivity contribution in [2.24, 2.45) is 0 Å². The van der Waals surface area contributed by atoms with Gasteiger partial charge in [-0.2, -0.15) is 13.2 Å². The van der Waals surface area contributed by atoms with E-state index in [1.54, 1.807) is 0 Å². The van der Waals surface area contributed by atoms with Gasteiger partial charge in [0, 0.05) is 13.5 Å². The maximum Gasteiger partial charge on any atom is 0.416 e. The first-order valence-corrected chi connectivity index (χ1v) is 6.30. The molecular weight excluding hydrogens is 303 g/mol. The van der Waals surface area contributed by atoms with Gasteiger partial charge < -0.3 is 14.8 Å². The van der Waals surface area contributed by atoms with E-state index in [1.807, 2.05) is 0 Å². The second-order valence-corrected chi connectivity index (χ2v) is 4.44. The Labute approximate surface area is 125 Å². The van der Waals surface area contributed by atoms with Crippen LogP contribution in [0.4, 0.5) is 13.2 Å². The van der Waals surface area contributed by atoms with Crippen molar-refractivity contribution in [1.82, 2.24) is 5.32 Å². The Balaban J connectivity index is 3.00. The van der Waals surface area contributed by atoms with Crippen LogP contribution in [0, 0.1) is 0 Å². The topological polar surface area (TPSA) is 64.6 Å². The highest BCUT2D eigenvalue weighted by Crippen LogP contribution is 2.32. The molecule has 0 fully saturated rings. The van der Waals surface area contributed by atoms with Crippen molar-refractivity contribution < 1.29 is 32.2 Å². The number of methoxy groups -OCH3 is 2. The number of benzene rings is 1. The Morgan fingerprint density at radius 1 is 1.23 bits per heavy atom. The molecule has 1 aromatic carbocycles. The number of halogens is 3. The lowest BCUT2D eigenvalue weighted by Crippen LogP contribution is -2.44. The predicted octanol–water partition coefficient (Wildman–Crippen LogP) is 1.55. The second-order valence-electron chi connectivity index (χ2n) is 4.44. The molecule has 1 rings (SSSR count). The molecule has 0 saturated heterocycles. The fraction of sp³-hybridized carbons (Fsp3) is 0.429. The largest absolute Gasteiger partial charge is 0.467 e. The number of ether oxygens (including phenoxy) is 2. The van der Waals surface area contributed by atoms with Crippen LogP contribution in [-0.2, 0) is 31.7 Å². The minimum absolute atomic E-state index is 0.108. The molecule has 0 saturated carbocycles. The zero-order chi connectivity index (χ0) is 16.8. The molecule has 122 valence electrons. The second kappa shape index (κ2) is 7.79. The van der Waals surface area contributed by atoms with E-state index in [4.69, 9.17) is 0 Å². The number of amides is 1. The normalized spacial score (nSPS) is 12.6. The highest BCUT2D eigenvalue weighted by molar-refractivity contribution is 5.85. The van der Waals surface area contributed by atoms with Crippen LogP contribution in [0.2, 0.25) is 0 Å². The molecule has 1 amide bonds. The van der Waals surface area contributed by atoms with Crippen molar-refractivity contribution in [3.8, 4) is 0 Å². The van der Waals surface area contributed by atoms with Crippen molar-refractivity contribution in [1.29, 1.82) is 0 Å². The monoisotopic (exact) mass is 319 g/mol. The van der Waals surface area contributed by atoms with Gasteiger partial charge in [0.05, 0.1) is 12.7 Å². The van der Waals surface area contributed by atoms with Crippen molar-refractivity contribution in [3.63, 3.8) is 0 Å². The first-order chi connectivity index (χ1) is 10.3. The SMILES string of the molecule is COCC(=O)N[C@H](Cc1ccccc1C(F)(F)F)C(=O)OC. The average Bonchev–Trinajstić information content (AvgIpc) is 2.45. The molecule has 0 unspecified atom stereocenters. The van der Waals surface area contributed by atoms with E-state index in [0.29, 0.717) is 0 Å². The van der Waals surface area contributed by atoms with Crippen molar-refractivity contribution >= 4 is 11.9 Å². The van der Waals surface area contributed by atoms with Gasteiger partial charge in [0.25, 0.3) is 0 Å². The molecular formula is C14H16F3NO4. The summed E-state index contributed by atoms with van der Waals surface area (Å²) in [6, 6.07) is 3.62. The molecule has 1 aromatic rings. The molecule has 1 atom stereocenters. The summed E-state index contributed by atoms with van der Waals surface area (Å²) < 4.78 is 47.9. The highest BCUT2D eigenvalue weighted by Gasteiger charge is 2.34. The molecule has 0 spiro atoms. The summed E-state index contributed by atoms with van der Waals surface area (Å²) in [7, 11) is 2.37. The summed E-state index contributed by atoms with van der Waals surface area (Å²) in [4.78, 5) is 23.1. The van der Waals surface area contributed by atoms with Gasteiger partial charge in [-0.05, 0) is 11.6 Å². The van der Waals surface area contributed by atoms with E-state index < -0.39 is 29.7 Å². The molecule has 0 bridgehead atoms. The average molecular weight is 319 g/mol. The molecule has 0 aliphatic rings. The third-order valence-electron chi connectivity index (χ3n) is 2.84. The number of carbonyl (C=O) groups is 2. The Morgan fingerprint density at radius 3 is 2.41 bits per heavy atom. The van der Waals surface area contributed by atoms with Crippen LogP contribution in [0.25, 0.3) is 0 Å². The first-order valence-electron chi connectivity index (χ1n) is 6.30. The molecule has 0 aliphatic carbocycles. The molecule has 8 heteroatoms.